The molecule has 35 heavy (non-hydrogen) atoms. The number of nitrogens with zero attached hydrogens (tertiary/aromatic N) is 1. The van der Waals surface area contributed by atoms with Gasteiger partial charge < -0.3 is 10.8 Å². The van der Waals surface area contributed by atoms with Gasteiger partial charge in [0, 0.05) is 11.6 Å². The smallest absolute Gasteiger partial charge is 0.184 e. The number of hydrazone groups is 1. The first-order chi connectivity index (χ1) is 16.5. The second kappa shape index (κ2) is 10.4. The van der Waals surface area contributed by atoms with Gasteiger partial charge in [-0.15, -0.1) is 0 Å². The summed E-state index contributed by atoms with van der Waals surface area (Å²) in [6.07, 6.45) is 15.4. The first-order valence-corrected chi connectivity index (χ1v) is 14.9. The Bertz CT molecular complexity index is 839. The number of nitrogens with one attached hydrogen (secondary N) is 1. The summed E-state index contributed by atoms with van der Waals surface area (Å²) in [6, 6.07) is 0. The highest BCUT2D eigenvalue weighted by Gasteiger charge is 2.61. The van der Waals surface area contributed by atoms with Crippen molar-refractivity contribution in [3.8, 4) is 0 Å². The van der Waals surface area contributed by atoms with E-state index in [0.717, 1.165) is 43.4 Å². The van der Waals surface area contributed by atoms with Crippen LogP contribution >= 0.6 is 12.2 Å². The lowest BCUT2D eigenvalue weighted by molar-refractivity contribution is -0.0922. The summed E-state index contributed by atoms with van der Waals surface area (Å²) in [5.74, 6) is 5.31. The van der Waals surface area contributed by atoms with Crippen LogP contribution in [0.4, 0.5) is 0 Å². The molecule has 4 N–H and O–H groups in total. The minimum Gasteiger partial charge on any atom is -0.393 e. The van der Waals surface area contributed by atoms with Gasteiger partial charge in [0.05, 0.1) is 6.10 Å². The zero-order valence-electron chi connectivity index (χ0n) is 23.1. The van der Waals surface area contributed by atoms with Gasteiger partial charge in [0.15, 0.2) is 5.11 Å². The normalized spacial score (nSPS) is 44.1. The third-order valence-electron chi connectivity index (χ3n) is 11.5. The zero-order valence-corrected chi connectivity index (χ0v) is 23.9. The van der Waals surface area contributed by atoms with Crippen molar-refractivity contribution >= 4 is 23.0 Å². The number of aliphatic hydroxyl groups excluding tert-OH is 1. The molecule has 4 aliphatic rings. The molecular formula is C30H51N3OS. The van der Waals surface area contributed by atoms with E-state index < -0.39 is 0 Å². The van der Waals surface area contributed by atoms with E-state index in [2.05, 4.69) is 59.1 Å². The van der Waals surface area contributed by atoms with Crippen LogP contribution in [-0.2, 0) is 0 Å². The lowest BCUT2D eigenvalue weighted by Gasteiger charge is -2.61. The van der Waals surface area contributed by atoms with E-state index in [-0.39, 0.29) is 16.6 Å². The van der Waals surface area contributed by atoms with Crippen molar-refractivity contribution in [2.24, 2.45) is 69.0 Å². The average Bonchev–Trinajstić information content (AvgIpc) is 3.15. The molecule has 0 aromatic heterocycles. The van der Waals surface area contributed by atoms with Crippen molar-refractivity contribution in [2.75, 3.05) is 0 Å². The van der Waals surface area contributed by atoms with Crippen molar-refractivity contribution in [1.29, 1.82) is 0 Å². The lowest BCUT2D eigenvalue weighted by Crippen LogP contribution is -2.57. The van der Waals surface area contributed by atoms with Crippen LogP contribution in [0.3, 0.4) is 0 Å². The minimum atomic E-state index is -0.213. The summed E-state index contributed by atoms with van der Waals surface area (Å²) >= 11 is 5.08. The highest BCUT2D eigenvalue weighted by atomic mass is 32.1. The van der Waals surface area contributed by atoms with Crippen LogP contribution in [0.2, 0.25) is 0 Å². The standard InChI is InChI=1S/C30H51N3OS/c1-7-20(18(2)3)9-8-19(4)23-10-11-24-22-17-27(32-33-28(31)35)26-16-21(34)12-14-30(26,6)25(22)13-15-29(23,24)5/h8-9,18-26,34H,7,10-17H2,1-6H3,(H3,31,33,35)/b9-8+,32-27+/t19-,20+,21+,22+,23-,24+,25+,26?,29-,30-/m1/s1. The number of allylic oxidation sites excluding steroid dienone is 2. The lowest BCUT2D eigenvalue weighted by atomic mass is 9.44. The quantitative estimate of drug-likeness (QED) is 0.216. The van der Waals surface area contributed by atoms with Gasteiger partial charge in [0.2, 0.25) is 0 Å². The predicted molar refractivity (Wildman–Crippen MR) is 151 cm³/mol. The molecule has 0 aromatic carbocycles. The fourth-order valence-electron chi connectivity index (χ4n) is 9.48. The summed E-state index contributed by atoms with van der Waals surface area (Å²) in [6.45, 7) is 14.6. The molecule has 0 aromatic rings. The second-order valence-corrected chi connectivity index (χ2v) is 13.9. The Morgan fingerprint density at radius 3 is 2.46 bits per heavy atom. The molecule has 4 fully saturated rings. The molecule has 0 saturated heterocycles. The van der Waals surface area contributed by atoms with Crippen LogP contribution in [0, 0.1) is 58.2 Å². The number of rotatable bonds is 6. The molecule has 4 rings (SSSR count). The Balaban J connectivity index is 1.59. The van der Waals surface area contributed by atoms with Crippen molar-refractivity contribution in [2.45, 2.75) is 105 Å². The molecular weight excluding hydrogens is 450 g/mol. The van der Waals surface area contributed by atoms with Gasteiger partial charge in [-0.3, -0.25) is 5.43 Å². The first kappa shape index (κ1) is 27.1. The molecule has 4 nitrogen and oxygen atoms in total. The van der Waals surface area contributed by atoms with Gasteiger partial charge in [-0.25, -0.2) is 0 Å². The summed E-state index contributed by atoms with van der Waals surface area (Å²) < 4.78 is 0. The summed E-state index contributed by atoms with van der Waals surface area (Å²) in [5.41, 5.74) is 10.5. The maximum atomic E-state index is 10.6. The SMILES string of the molecule is CC[C@@H](/C=C/[C@@H](C)[C@H]1CC[C@H]2[C@@H]3C/C(=N\NC(N)=S)C4C[C@@H](O)CC[C@]4(C)[C@H]3CC[C@]12C)C(C)C. The maximum Gasteiger partial charge on any atom is 0.184 e. The number of fused-ring (bicyclic) bond motifs is 5. The summed E-state index contributed by atoms with van der Waals surface area (Å²) in [4.78, 5) is 0. The minimum absolute atomic E-state index is 0.213. The van der Waals surface area contributed by atoms with E-state index in [1.54, 1.807) is 0 Å². The predicted octanol–water partition coefficient (Wildman–Crippen LogP) is 6.68. The van der Waals surface area contributed by atoms with E-state index in [9.17, 15) is 5.11 Å². The Kier molecular flexibility index (Phi) is 8.08. The van der Waals surface area contributed by atoms with Gasteiger partial charge in [0.1, 0.15) is 0 Å². The number of aliphatic hydroxyl groups is 1. The van der Waals surface area contributed by atoms with Crippen molar-refractivity contribution in [3.05, 3.63) is 12.2 Å². The topological polar surface area (TPSA) is 70.6 Å². The van der Waals surface area contributed by atoms with Crippen LogP contribution in [0.1, 0.15) is 99.3 Å². The number of thiocarbonyl (C=S) groups is 1. The van der Waals surface area contributed by atoms with E-state index in [1.165, 1.54) is 37.8 Å². The molecule has 198 valence electrons. The monoisotopic (exact) mass is 501 g/mol. The van der Waals surface area contributed by atoms with Crippen LogP contribution in [-0.4, -0.2) is 22.0 Å². The van der Waals surface area contributed by atoms with E-state index in [4.69, 9.17) is 23.1 Å². The molecule has 1 unspecified atom stereocenters. The van der Waals surface area contributed by atoms with E-state index in [0.29, 0.717) is 35.0 Å². The molecule has 0 heterocycles. The Morgan fingerprint density at radius 1 is 1.11 bits per heavy atom. The third-order valence-corrected chi connectivity index (χ3v) is 11.5. The number of hydrogen-bond acceptors (Lipinski definition) is 3. The van der Waals surface area contributed by atoms with Crippen molar-refractivity contribution < 1.29 is 5.11 Å². The Labute approximate surface area is 220 Å². The van der Waals surface area contributed by atoms with Crippen LogP contribution in [0.15, 0.2) is 17.3 Å². The van der Waals surface area contributed by atoms with Crippen LogP contribution < -0.4 is 11.2 Å². The Hall–Kier alpha value is -0.940. The molecule has 0 bridgehead atoms. The molecule has 10 atom stereocenters. The average molecular weight is 502 g/mol. The molecule has 0 aliphatic heterocycles. The summed E-state index contributed by atoms with van der Waals surface area (Å²) in [5, 5.41) is 15.6. The number of hydrogen-bond donors (Lipinski definition) is 3. The van der Waals surface area contributed by atoms with Gasteiger partial charge in [-0.2, -0.15) is 5.10 Å². The van der Waals surface area contributed by atoms with Crippen molar-refractivity contribution in [3.63, 3.8) is 0 Å². The molecule has 4 saturated carbocycles. The molecule has 0 amide bonds. The third kappa shape index (κ3) is 4.98. The van der Waals surface area contributed by atoms with Gasteiger partial charge >= 0.3 is 0 Å². The highest BCUT2D eigenvalue weighted by Crippen LogP contribution is 2.67. The van der Waals surface area contributed by atoms with Crippen molar-refractivity contribution in [1.82, 2.24) is 5.43 Å². The molecule has 0 radical (unpaired) electrons. The molecule has 0 spiro atoms. The molecule has 5 heteroatoms. The first-order valence-electron chi connectivity index (χ1n) is 14.5. The summed E-state index contributed by atoms with van der Waals surface area (Å²) in [7, 11) is 0. The van der Waals surface area contributed by atoms with Gasteiger partial charge in [-0.05, 0) is 122 Å². The largest absolute Gasteiger partial charge is 0.393 e. The molecule has 4 aliphatic carbocycles. The van der Waals surface area contributed by atoms with Crippen LogP contribution in [0.5, 0.6) is 0 Å². The fourth-order valence-corrected chi connectivity index (χ4v) is 9.53. The zero-order chi connectivity index (χ0) is 25.5. The van der Waals surface area contributed by atoms with Gasteiger partial charge in [0.25, 0.3) is 0 Å². The Morgan fingerprint density at radius 2 is 1.80 bits per heavy atom. The van der Waals surface area contributed by atoms with Crippen LogP contribution in [0.25, 0.3) is 0 Å². The fraction of sp³-hybridized carbons (Fsp3) is 0.867. The second-order valence-electron chi connectivity index (χ2n) is 13.4. The highest BCUT2D eigenvalue weighted by molar-refractivity contribution is 7.80. The maximum absolute atomic E-state index is 10.6. The van der Waals surface area contributed by atoms with E-state index >= 15 is 0 Å². The van der Waals surface area contributed by atoms with E-state index in [1.807, 2.05) is 0 Å². The van der Waals surface area contributed by atoms with Gasteiger partial charge in [-0.1, -0.05) is 53.7 Å². The number of nitrogens with two attached hydrogens (primary N) is 1.